The molecule has 0 saturated carbocycles. The van der Waals surface area contributed by atoms with Crippen LogP contribution in [0.2, 0.25) is 0 Å². The molecule has 0 radical (unpaired) electrons. The van der Waals surface area contributed by atoms with E-state index in [9.17, 15) is 13.6 Å². The number of alkyl halides is 3. The fraction of sp³-hybridized carbons (Fsp3) is 0.462. The standard InChI is InChI=1S/C13H16BrF2NO2/c1-2-4-10(14)8-17-12(18)9-5-3-6-11(7-9)19-13(15)16/h3,5-7,10,13H,2,4,8H2,1H3,(H,17,18). The zero-order valence-corrected chi connectivity index (χ0v) is 12.1. The highest BCUT2D eigenvalue weighted by Crippen LogP contribution is 2.16. The fourth-order valence-corrected chi connectivity index (χ4v) is 2.15. The van der Waals surface area contributed by atoms with E-state index in [0.717, 1.165) is 12.8 Å². The summed E-state index contributed by atoms with van der Waals surface area (Å²) >= 11 is 3.45. The van der Waals surface area contributed by atoms with Gasteiger partial charge in [0, 0.05) is 16.9 Å². The van der Waals surface area contributed by atoms with E-state index in [1.807, 2.05) is 0 Å². The molecular weight excluding hydrogens is 320 g/mol. The van der Waals surface area contributed by atoms with Crippen molar-refractivity contribution in [3.63, 3.8) is 0 Å². The van der Waals surface area contributed by atoms with Gasteiger partial charge in [0.25, 0.3) is 5.91 Å². The third-order valence-electron chi connectivity index (χ3n) is 2.41. The molecule has 0 aliphatic heterocycles. The molecular formula is C13H16BrF2NO2. The minimum absolute atomic E-state index is 0.0217. The molecule has 0 aliphatic rings. The van der Waals surface area contributed by atoms with Crippen LogP contribution in [0.4, 0.5) is 8.78 Å². The Morgan fingerprint density at radius 3 is 2.84 bits per heavy atom. The van der Waals surface area contributed by atoms with Crippen LogP contribution in [0.5, 0.6) is 5.75 Å². The first-order valence-corrected chi connectivity index (χ1v) is 6.91. The molecule has 6 heteroatoms. The Hall–Kier alpha value is -1.17. The van der Waals surface area contributed by atoms with Crippen LogP contribution in [-0.2, 0) is 0 Å². The van der Waals surface area contributed by atoms with Crippen LogP contribution in [0, 0.1) is 0 Å². The second-order valence-corrected chi connectivity index (χ2v) is 5.30. The molecule has 106 valence electrons. The van der Waals surface area contributed by atoms with Crippen molar-refractivity contribution in [2.24, 2.45) is 0 Å². The van der Waals surface area contributed by atoms with E-state index in [-0.39, 0.29) is 16.5 Å². The van der Waals surface area contributed by atoms with Crippen molar-refractivity contribution >= 4 is 21.8 Å². The number of nitrogens with one attached hydrogen (secondary N) is 1. The Morgan fingerprint density at radius 1 is 1.47 bits per heavy atom. The lowest BCUT2D eigenvalue weighted by molar-refractivity contribution is -0.0498. The highest BCUT2D eigenvalue weighted by atomic mass is 79.9. The topological polar surface area (TPSA) is 38.3 Å². The molecule has 0 aromatic heterocycles. The summed E-state index contributed by atoms with van der Waals surface area (Å²) in [6.07, 6.45) is 1.97. The summed E-state index contributed by atoms with van der Waals surface area (Å²) in [5.41, 5.74) is 0.300. The fourth-order valence-electron chi connectivity index (χ4n) is 1.53. The minimum Gasteiger partial charge on any atom is -0.435 e. The summed E-state index contributed by atoms with van der Waals surface area (Å²) in [6.45, 7) is -0.344. The number of hydrogen-bond donors (Lipinski definition) is 1. The third kappa shape index (κ3) is 6.00. The van der Waals surface area contributed by atoms with Gasteiger partial charge >= 0.3 is 6.61 Å². The highest BCUT2D eigenvalue weighted by Gasteiger charge is 2.10. The van der Waals surface area contributed by atoms with Crippen LogP contribution in [0.3, 0.4) is 0 Å². The van der Waals surface area contributed by atoms with Crippen molar-refractivity contribution in [3.8, 4) is 5.75 Å². The normalized spacial score (nSPS) is 12.3. The van der Waals surface area contributed by atoms with Gasteiger partial charge in [-0.1, -0.05) is 35.3 Å². The maximum absolute atomic E-state index is 12.1. The van der Waals surface area contributed by atoms with Gasteiger partial charge in [0.2, 0.25) is 0 Å². The summed E-state index contributed by atoms with van der Waals surface area (Å²) < 4.78 is 28.4. The first-order chi connectivity index (χ1) is 9.02. The number of halogens is 3. The van der Waals surface area contributed by atoms with Gasteiger partial charge in [0.15, 0.2) is 0 Å². The predicted octanol–water partition coefficient (Wildman–Crippen LogP) is 3.58. The van der Waals surface area contributed by atoms with E-state index in [2.05, 4.69) is 32.9 Å². The smallest absolute Gasteiger partial charge is 0.387 e. The van der Waals surface area contributed by atoms with Gasteiger partial charge in [-0.15, -0.1) is 0 Å². The van der Waals surface area contributed by atoms with E-state index >= 15 is 0 Å². The zero-order chi connectivity index (χ0) is 14.3. The lowest BCUT2D eigenvalue weighted by atomic mass is 10.2. The van der Waals surface area contributed by atoms with Gasteiger partial charge in [0.1, 0.15) is 5.75 Å². The van der Waals surface area contributed by atoms with Crippen LogP contribution >= 0.6 is 15.9 Å². The molecule has 1 amide bonds. The van der Waals surface area contributed by atoms with Crippen LogP contribution in [0.1, 0.15) is 30.1 Å². The number of benzene rings is 1. The Morgan fingerprint density at radius 2 is 2.21 bits per heavy atom. The number of carbonyl (C=O) groups is 1. The molecule has 3 nitrogen and oxygen atoms in total. The number of amides is 1. The molecule has 1 aromatic carbocycles. The summed E-state index contributed by atoms with van der Waals surface area (Å²) in [7, 11) is 0. The van der Waals surface area contributed by atoms with Gasteiger partial charge in [-0.2, -0.15) is 8.78 Å². The van der Waals surface area contributed by atoms with E-state index < -0.39 is 6.61 Å². The molecule has 0 bridgehead atoms. The zero-order valence-electron chi connectivity index (χ0n) is 10.5. The van der Waals surface area contributed by atoms with E-state index in [1.165, 1.54) is 18.2 Å². The molecule has 19 heavy (non-hydrogen) atoms. The van der Waals surface area contributed by atoms with Crippen molar-refractivity contribution in [2.45, 2.75) is 31.2 Å². The monoisotopic (exact) mass is 335 g/mol. The average molecular weight is 336 g/mol. The summed E-state index contributed by atoms with van der Waals surface area (Å²) in [6, 6.07) is 5.73. The second kappa shape index (κ2) is 8.09. The molecule has 0 fully saturated rings. The summed E-state index contributed by atoms with van der Waals surface area (Å²) in [4.78, 5) is 12.0. The third-order valence-corrected chi connectivity index (χ3v) is 3.19. The highest BCUT2D eigenvalue weighted by molar-refractivity contribution is 9.09. The lowest BCUT2D eigenvalue weighted by Crippen LogP contribution is -2.29. The molecule has 1 rings (SSSR count). The Kier molecular flexibility index (Phi) is 6.77. The minimum atomic E-state index is -2.89. The molecule has 1 aromatic rings. The number of ether oxygens (including phenoxy) is 1. The van der Waals surface area contributed by atoms with Crippen LogP contribution in [0.25, 0.3) is 0 Å². The van der Waals surface area contributed by atoms with Gasteiger partial charge < -0.3 is 10.1 Å². The average Bonchev–Trinajstić information content (AvgIpc) is 2.36. The number of carbonyl (C=O) groups excluding carboxylic acids is 1. The van der Waals surface area contributed by atoms with Crippen molar-refractivity contribution in [1.82, 2.24) is 5.32 Å². The second-order valence-electron chi connectivity index (χ2n) is 4.00. The number of hydrogen-bond acceptors (Lipinski definition) is 2. The van der Waals surface area contributed by atoms with Gasteiger partial charge in [-0.3, -0.25) is 4.79 Å². The van der Waals surface area contributed by atoms with Crippen molar-refractivity contribution in [3.05, 3.63) is 29.8 Å². The predicted molar refractivity (Wildman–Crippen MR) is 73.0 cm³/mol. The van der Waals surface area contributed by atoms with Crippen molar-refractivity contribution < 1.29 is 18.3 Å². The molecule has 0 heterocycles. The first-order valence-electron chi connectivity index (χ1n) is 6.00. The van der Waals surface area contributed by atoms with Crippen LogP contribution in [0.15, 0.2) is 24.3 Å². The molecule has 1 atom stereocenters. The maximum atomic E-state index is 12.1. The summed E-state index contributed by atoms with van der Waals surface area (Å²) in [5.74, 6) is -0.327. The quantitative estimate of drug-likeness (QED) is 0.773. The molecule has 0 spiro atoms. The van der Waals surface area contributed by atoms with Gasteiger partial charge in [-0.25, -0.2) is 0 Å². The maximum Gasteiger partial charge on any atom is 0.387 e. The first kappa shape index (κ1) is 15.9. The molecule has 1 N–H and O–H groups in total. The van der Waals surface area contributed by atoms with Crippen LogP contribution < -0.4 is 10.1 Å². The Balaban J connectivity index is 2.56. The van der Waals surface area contributed by atoms with Crippen molar-refractivity contribution in [2.75, 3.05) is 6.54 Å². The van der Waals surface area contributed by atoms with E-state index in [0.29, 0.717) is 12.1 Å². The lowest BCUT2D eigenvalue weighted by Gasteiger charge is -2.11. The summed E-state index contributed by atoms with van der Waals surface area (Å²) in [5, 5.41) is 2.74. The van der Waals surface area contributed by atoms with Gasteiger partial charge in [0.05, 0.1) is 0 Å². The SMILES string of the molecule is CCCC(Br)CNC(=O)c1cccc(OC(F)F)c1. The van der Waals surface area contributed by atoms with Crippen molar-refractivity contribution in [1.29, 1.82) is 0 Å². The Labute approximate surface area is 119 Å². The van der Waals surface area contributed by atoms with Gasteiger partial charge in [-0.05, 0) is 24.6 Å². The largest absolute Gasteiger partial charge is 0.435 e. The molecule has 0 aliphatic carbocycles. The number of rotatable bonds is 7. The van der Waals surface area contributed by atoms with Crippen LogP contribution in [-0.4, -0.2) is 23.9 Å². The Bertz CT molecular complexity index is 415. The van der Waals surface area contributed by atoms with E-state index in [4.69, 9.17) is 0 Å². The van der Waals surface area contributed by atoms with E-state index in [1.54, 1.807) is 6.07 Å². The molecule has 1 unspecified atom stereocenters. The molecule has 0 saturated heterocycles.